The largest absolute Gasteiger partial charge is 0.462 e. The summed E-state index contributed by atoms with van der Waals surface area (Å²) in [6.07, 6.45) is 102. The van der Waals surface area contributed by atoms with E-state index in [2.05, 4.69) is 203 Å². The van der Waals surface area contributed by atoms with Gasteiger partial charge in [0, 0.05) is 19.3 Å². The number of allylic oxidation sites excluding steroid dienone is 32. The molecule has 1 unspecified atom stereocenters. The highest BCUT2D eigenvalue weighted by Crippen LogP contribution is 2.13. The molecule has 81 heavy (non-hydrogen) atoms. The van der Waals surface area contributed by atoms with Crippen molar-refractivity contribution in [1.29, 1.82) is 0 Å². The SMILES string of the molecule is CC/C=C\C/C=C\C/C=C\C/C=C\C/C=C\C/C=C\C/C=C\C/C=C\C/C=C\C/C=C\CCCCC(=O)OCC(COC(=O)CCCCCCCCCCCCC)OC(=O)CC/C=C\C/C=C\C/C=C\C/C=C\C/C=C\C/C=C\CC. The fraction of sp³-hybridized carbons (Fsp3) is 0.533. The number of esters is 3. The van der Waals surface area contributed by atoms with Gasteiger partial charge in [0.15, 0.2) is 6.10 Å². The van der Waals surface area contributed by atoms with E-state index in [1.165, 1.54) is 51.4 Å². The van der Waals surface area contributed by atoms with Crippen molar-refractivity contribution >= 4 is 17.9 Å². The van der Waals surface area contributed by atoms with Gasteiger partial charge in [-0.3, -0.25) is 14.4 Å². The highest BCUT2D eigenvalue weighted by Gasteiger charge is 2.19. The van der Waals surface area contributed by atoms with Crippen molar-refractivity contribution in [3.05, 3.63) is 194 Å². The Labute approximate surface area is 497 Å². The van der Waals surface area contributed by atoms with Crippen molar-refractivity contribution in [2.75, 3.05) is 13.2 Å². The molecule has 6 nitrogen and oxygen atoms in total. The third kappa shape index (κ3) is 64.9. The van der Waals surface area contributed by atoms with Gasteiger partial charge in [0.05, 0.1) is 0 Å². The molecular formula is C75H114O6. The lowest BCUT2D eigenvalue weighted by molar-refractivity contribution is -0.166. The van der Waals surface area contributed by atoms with Crippen molar-refractivity contribution < 1.29 is 28.6 Å². The summed E-state index contributed by atoms with van der Waals surface area (Å²) in [6, 6.07) is 0. The normalized spacial score (nSPS) is 13.5. The lowest BCUT2D eigenvalue weighted by Gasteiger charge is -2.18. The van der Waals surface area contributed by atoms with Crippen LogP contribution in [0.1, 0.15) is 239 Å². The maximum atomic E-state index is 12.8. The monoisotopic (exact) mass is 1110 g/mol. The summed E-state index contributed by atoms with van der Waals surface area (Å²) >= 11 is 0. The fourth-order valence-electron chi connectivity index (χ4n) is 7.91. The number of hydrogen-bond donors (Lipinski definition) is 0. The van der Waals surface area contributed by atoms with E-state index in [-0.39, 0.29) is 38.0 Å². The van der Waals surface area contributed by atoms with Crippen LogP contribution in [0.2, 0.25) is 0 Å². The van der Waals surface area contributed by atoms with Crippen LogP contribution in [0, 0.1) is 0 Å². The number of carbonyl (C=O) groups excluding carboxylic acids is 3. The summed E-state index contributed by atoms with van der Waals surface area (Å²) in [6.45, 7) is 6.29. The first-order valence-electron chi connectivity index (χ1n) is 31.9. The van der Waals surface area contributed by atoms with Crippen LogP contribution in [0.25, 0.3) is 0 Å². The van der Waals surface area contributed by atoms with Crippen LogP contribution in [0.15, 0.2) is 194 Å². The predicted molar refractivity (Wildman–Crippen MR) is 352 cm³/mol. The average Bonchev–Trinajstić information content (AvgIpc) is 3.47. The summed E-state index contributed by atoms with van der Waals surface area (Å²) in [7, 11) is 0. The third-order valence-electron chi connectivity index (χ3n) is 12.6. The molecule has 0 aromatic heterocycles. The summed E-state index contributed by atoms with van der Waals surface area (Å²) in [5, 5.41) is 0. The molecule has 450 valence electrons. The Hall–Kier alpha value is -5.75. The standard InChI is InChI=1S/C75H114O6/c1-4-7-10-13-16-19-22-24-26-28-30-31-32-33-34-35-36-37-38-39-40-41-42-43-45-46-48-50-53-56-59-62-65-68-74(77)80-71-72(70-79-73(76)67-64-61-58-55-52-21-18-15-12-9-6-3)81-75(78)69-66-63-60-57-54-51-49-47-44-29-27-25-23-20-17-14-11-8-5-2/h7-8,10-11,16-17,19-20,24-27,30-31,33-34,36-37,39-40,42-44,46-48,51,53-54,56,60,63,72H,4-6,9,12-15,18,21-23,28-29,32,35,38,41,45,49-50,52,55,57-59,61-62,64-71H2,1-3H3/b10-7-,11-8-,19-16-,20-17-,26-24-,27-25-,31-30-,34-33-,37-36-,40-39-,43-42-,47-44-,48-46-,54-51-,56-53-,63-60-. The van der Waals surface area contributed by atoms with E-state index in [4.69, 9.17) is 14.2 Å². The van der Waals surface area contributed by atoms with Gasteiger partial charge in [-0.1, -0.05) is 279 Å². The van der Waals surface area contributed by atoms with Gasteiger partial charge in [-0.25, -0.2) is 0 Å². The summed E-state index contributed by atoms with van der Waals surface area (Å²) in [4.78, 5) is 38.2. The average molecular weight is 1110 g/mol. The van der Waals surface area contributed by atoms with E-state index < -0.39 is 12.1 Å². The Balaban J connectivity index is 4.47. The Bertz CT molecular complexity index is 1950. The Morgan fingerprint density at radius 3 is 0.802 bits per heavy atom. The van der Waals surface area contributed by atoms with Gasteiger partial charge in [-0.2, -0.15) is 0 Å². The van der Waals surface area contributed by atoms with Crippen LogP contribution >= 0.6 is 0 Å². The molecule has 0 bridgehead atoms. The molecule has 1 atom stereocenters. The minimum Gasteiger partial charge on any atom is -0.462 e. The van der Waals surface area contributed by atoms with E-state index in [0.717, 1.165) is 135 Å². The number of unbranched alkanes of at least 4 members (excludes halogenated alkanes) is 12. The van der Waals surface area contributed by atoms with Gasteiger partial charge < -0.3 is 14.2 Å². The molecule has 0 aliphatic carbocycles. The van der Waals surface area contributed by atoms with Gasteiger partial charge in [0.1, 0.15) is 13.2 Å². The quantitative estimate of drug-likeness (QED) is 0.0261. The zero-order valence-electron chi connectivity index (χ0n) is 51.5. The maximum Gasteiger partial charge on any atom is 0.306 e. The van der Waals surface area contributed by atoms with Crippen molar-refractivity contribution in [2.24, 2.45) is 0 Å². The molecule has 0 saturated heterocycles. The van der Waals surface area contributed by atoms with Crippen molar-refractivity contribution in [2.45, 2.75) is 245 Å². The molecule has 0 aromatic rings. The molecule has 0 aliphatic heterocycles. The van der Waals surface area contributed by atoms with Gasteiger partial charge in [-0.05, 0) is 135 Å². The van der Waals surface area contributed by atoms with Crippen LogP contribution < -0.4 is 0 Å². The van der Waals surface area contributed by atoms with Crippen LogP contribution in [0.5, 0.6) is 0 Å². The zero-order chi connectivity index (χ0) is 58.5. The Kier molecular flexibility index (Phi) is 62.0. The topological polar surface area (TPSA) is 78.9 Å². The molecule has 0 radical (unpaired) electrons. The fourth-order valence-corrected chi connectivity index (χ4v) is 7.91. The summed E-state index contributed by atoms with van der Waals surface area (Å²) in [5.74, 6) is -1.07. The molecule has 0 saturated carbocycles. The van der Waals surface area contributed by atoms with Crippen LogP contribution in [0.4, 0.5) is 0 Å². The molecule has 0 amide bonds. The van der Waals surface area contributed by atoms with E-state index in [0.29, 0.717) is 19.3 Å². The Morgan fingerprint density at radius 1 is 0.259 bits per heavy atom. The minimum absolute atomic E-state index is 0.130. The predicted octanol–water partition coefficient (Wildman–Crippen LogP) is 22.2. The molecule has 0 N–H and O–H groups in total. The third-order valence-corrected chi connectivity index (χ3v) is 12.6. The number of carbonyl (C=O) groups is 3. The molecule has 0 rings (SSSR count). The lowest BCUT2D eigenvalue weighted by Crippen LogP contribution is -2.30. The van der Waals surface area contributed by atoms with E-state index >= 15 is 0 Å². The van der Waals surface area contributed by atoms with E-state index in [9.17, 15) is 14.4 Å². The molecule has 0 aliphatic rings. The molecular weight excluding hydrogens is 997 g/mol. The zero-order valence-corrected chi connectivity index (χ0v) is 51.5. The summed E-state index contributed by atoms with van der Waals surface area (Å²) in [5.41, 5.74) is 0. The highest BCUT2D eigenvalue weighted by atomic mass is 16.6. The molecule has 0 fully saturated rings. The molecule has 0 heterocycles. The highest BCUT2D eigenvalue weighted by molar-refractivity contribution is 5.71. The van der Waals surface area contributed by atoms with Crippen LogP contribution in [0.3, 0.4) is 0 Å². The van der Waals surface area contributed by atoms with Gasteiger partial charge in [0.25, 0.3) is 0 Å². The van der Waals surface area contributed by atoms with Crippen molar-refractivity contribution in [3.8, 4) is 0 Å². The van der Waals surface area contributed by atoms with Gasteiger partial charge >= 0.3 is 17.9 Å². The lowest BCUT2D eigenvalue weighted by atomic mass is 10.1. The smallest absolute Gasteiger partial charge is 0.306 e. The second kappa shape index (κ2) is 66.8. The van der Waals surface area contributed by atoms with Gasteiger partial charge in [0.2, 0.25) is 0 Å². The second-order valence-corrected chi connectivity index (χ2v) is 20.2. The van der Waals surface area contributed by atoms with Crippen LogP contribution in [-0.2, 0) is 28.6 Å². The number of hydrogen-bond acceptors (Lipinski definition) is 6. The first kappa shape index (κ1) is 75.2. The molecule has 0 aromatic carbocycles. The summed E-state index contributed by atoms with van der Waals surface area (Å²) < 4.78 is 16.8. The van der Waals surface area contributed by atoms with Crippen molar-refractivity contribution in [1.82, 2.24) is 0 Å². The number of ether oxygens (including phenoxy) is 3. The molecule has 6 heteroatoms. The second-order valence-electron chi connectivity index (χ2n) is 20.2. The van der Waals surface area contributed by atoms with E-state index in [1.807, 2.05) is 12.2 Å². The number of rotatable bonds is 55. The van der Waals surface area contributed by atoms with Crippen LogP contribution in [-0.4, -0.2) is 37.2 Å². The van der Waals surface area contributed by atoms with E-state index in [1.54, 1.807) is 0 Å². The van der Waals surface area contributed by atoms with Crippen molar-refractivity contribution in [3.63, 3.8) is 0 Å². The van der Waals surface area contributed by atoms with Gasteiger partial charge in [-0.15, -0.1) is 0 Å². The first-order chi connectivity index (χ1) is 40.0. The Morgan fingerprint density at radius 2 is 0.506 bits per heavy atom. The first-order valence-corrected chi connectivity index (χ1v) is 31.9. The maximum absolute atomic E-state index is 12.8. The minimum atomic E-state index is -0.846. The molecule has 0 spiro atoms.